The number of aryl methyl sites for hydroxylation is 1. The van der Waals surface area contributed by atoms with Crippen LogP contribution in [0.25, 0.3) is 0 Å². The van der Waals surface area contributed by atoms with Crippen LogP contribution in [-0.2, 0) is 10.0 Å². The molecule has 1 atom stereocenters. The Bertz CT molecular complexity index is 895. The third kappa shape index (κ3) is 6.49. The van der Waals surface area contributed by atoms with E-state index in [0.29, 0.717) is 29.2 Å². The molecule has 27 heavy (non-hydrogen) atoms. The van der Waals surface area contributed by atoms with Gasteiger partial charge < -0.3 is 14.8 Å². The van der Waals surface area contributed by atoms with E-state index in [2.05, 4.69) is 10.0 Å². The lowest BCUT2D eigenvalue weighted by Gasteiger charge is -2.16. The van der Waals surface area contributed by atoms with Gasteiger partial charge in [-0.15, -0.1) is 0 Å². The molecule has 2 aromatic carbocycles. The number of benzene rings is 2. The highest BCUT2D eigenvalue weighted by Crippen LogP contribution is 2.18. The molecule has 0 spiro atoms. The molecule has 0 radical (unpaired) electrons. The van der Waals surface area contributed by atoms with Crippen LogP contribution in [0, 0.1) is 6.92 Å². The van der Waals surface area contributed by atoms with E-state index >= 15 is 0 Å². The highest BCUT2D eigenvalue weighted by Gasteiger charge is 2.13. The Hall–Kier alpha value is -2.74. The van der Waals surface area contributed by atoms with Crippen molar-refractivity contribution in [2.75, 3.05) is 24.7 Å². The molecule has 0 saturated carbocycles. The van der Waals surface area contributed by atoms with Gasteiger partial charge >= 0.3 is 0 Å². The van der Waals surface area contributed by atoms with Crippen molar-refractivity contribution in [1.82, 2.24) is 5.32 Å². The molecule has 0 saturated heterocycles. The van der Waals surface area contributed by atoms with Crippen molar-refractivity contribution in [3.05, 3.63) is 53.6 Å². The number of carbonyl (C=O) groups excluding carboxylic acids is 1. The maximum atomic E-state index is 12.4. The van der Waals surface area contributed by atoms with E-state index in [0.717, 1.165) is 12.0 Å². The topological polar surface area (TPSA) is 93.7 Å². The van der Waals surface area contributed by atoms with E-state index in [9.17, 15) is 13.2 Å². The van der Waals surface area contributed by atoms with Crippen LogP contribution in [0.4, 0.5) is 5.69 Å². The SMILES string of the molecule is COc1ccc(OC[C@H](C)NC(=O)c2ccc(NS(C)(=O)=O)c(C)c2)cc1. The minimum absolute atomic E-state index is 0.214. The average molecular weight is 392 g/mol. The summed E-state index contributed by atoms with van der Waals surface area (Å²) in [5, 5.41) is 2.86. The number of carbonyl (C=O) groups is 1. The first-order chi connectivity index (χ1) is 12.7. The van der Waals surface area contributed by atoms with Crippen LogP contribution in [0.3, 0.4) is 0 Å². The van der Waals surface area contributed by atoms with E-state index < -0.39 is 10.0 Å². The molecule has 0 bridgehead atoms. The van der Waals surface area contributed by atoms with Crippen LogP contribution in [0.1, 0.15) is 22.8 Å². The number of anilines is 1. The van der Waals surface area contributed by atoms with E-state index in [1.165, 1.54) is 0 Å². The maximum Gasteiger partial charge on any atom is 0.251 e. The third-order valence-electron chi connectivity index (χ3n) is 3.72. The molecule has 0 fully saturated rings. The second-order valence-corrected chi connectivity index (χ2v) is 8.01. The van der Waals surface area contributed by atoms with Crippen LogP contribution in [0.5, 0.6) is 11.5 Å². The molecule has 1 amide bonds. The Morgan fingerprint density at radius 2 is 1.74 bits per heavy atom. The van der Waals surface area contributed by atoms with Crippen LogP contribution in [0.15, 0.2) is 42.5 Å². The van der Waals surface area contributed by atoms with Crippen molar-refractivity contribution in [2.24, 2.45) is 0 Å². The lowest BCUT2D eigenvalue weighted by atomic mass is 10.1. The lowest BCUT2D eigenvalue weighted by Crippen LogP contribution is -2.36. The number of amides is 1. The predicted molar refractivity (Wildman–Crippen MR) is 105 cm³/mol. The number of hydrogen-bond acceptors (Lipinski definition) is 5. The lowest BCUT2D eigenvalue weighted by molar-refractivity contribution is 0.0926. The van der Waals surface area contributed by atoms with Crippen molar-refractivity contribution < 1.29 is 22.7 Å². The molecule has 146 valence electrons. The molecule has 7 nitrogen and oxygen atoms in total. The summed E-state index contributed by atoms with van der Waals surface area (Å²) in [4.78, 5) is 12.4. The second kappa shape index (κ2) is 8.77. The van der Waals surface area contributed by atoms with Crippen molar-refractivity contribution in [3.8, 4) is 11.5 Å². The molecule has 0 aliphatic rings. The molecule has 2 N–H and O–H groups in total. The molecule has 2 rings (SSSR count). The van der Waals surface area contributed by atoms with Gasteiger partial charge in [0.2, 0.25) is 10.0 Å². The summed E-state index contributed by atoms with van der Waals surface area (Å²) in [5.41, 5.74) is 1.56. The normalized spacial score (nSPS) is 12.1. The molecular weight excluding hydrogens is 368 g/mol. The number of hydrogen-bond donors (Lipinski definition) is 2. The molecule has 0 aliphatic heterocycles. The number of ether oxygens (including phenoxy) is 2. The van der Waals surface area contributed by atoms with Gasteiger partial charge in [-0.05, 0) is 61.9 Å². The molecule has 2 aromatic rings. The first kappa shape index (κ1) is 20.6. The third-order valence-corrected chi connectivity index (χ3v) is 4.31. The summed E-state index contributed by atoms with van der Waals surface area (Å²) >= 11 is 0. The van der Waals surface area contributed by atoms with Gasteiger partial charge in [0, 0.05) is 5.56 Å². The molecule has 0 aromatic heterocycles. The Kier molecular flexibility index (Phi) is 6.68. The molecular formula is C19H24N2O5S. The van der Waals surface area contributed by atoms with E-state index in [-0.39, 0.29) is 11.9 Å². The van der Waals surface area contributed by atoms with Gasteiger partial charge in [0.1, 0.15) is 18.1 Å². The van der Waals surface area contributed by atoms with E-state index in [1.807, 2.05) is 6.92 Å². The zero-order valence-corrected chi connectivity index (χ0v) is 16.6. The quantitative estimate of drug-likeness (QED) is 0.720. The first-order valence-electron chi connectivity index (χ1n) is 8.34. The smallest absolute Gasteiger partial charge is 0.251 e. The maximum absolute atomic E-state index is 12.4. The fraction of sp³-hybridized carbons (Fsp3) is 0.316. The van der Waals surface area contributed by atoms with Crippen molar-refractivity contribution >= 4 is 21.6 Å². The monoisotopic (exact) mass is 392 g/mol. The Labute approximate surface area is 159 Å². The van der Waals surface area contributed by atoms with Gasteiger partial charge in [0.15, 0.2) is 0 Å². The number of sulfonamides is 1. The van der Waals surface area contributed by atoms with Crippen molar-refractivity contribution in [3.63, 3.8) is 0 Å². The average Bonchev–Trinajstić information content (AvgIpc) is 2.61. The van der Waals surface area contributed by atoms with Crippen LogP contribution < -0.4 is 19.5 Å². The summed E-state index contributed by atoms with van der Waals surface area (Å²) in [6.45, 7) is 3.89. The van der Waals surface area contributed by atoms with Gasteiger partial charge in [-0.25, -0.2) is 8.42 Å². The van der Waals surface area contributed by atoms with Gasteiger partial charge in [0.25, 0.3) is 5.91 Å². The zero-order chi connectivity index (χ0) is 20.0. The number of methoxy groups -OCH3 is 1. The Morgan fingerprint density at radius 1 is 1.11 bits per heavy atom. The number of nitrogens with one attached hydrogen (secondary N) is 2. The number of rotatable bonds is 8. The predicted octanol–water partition coefficient (Wildman–Crippen LogP) is 2.57. The summed E-state index contributed by atoms with van der Waals surface area (Å²) in [6.07, 6.45) is 1.08. The fourth-order valence-electron chi connectivity index (χ4n) is 2.36. The molecule has 0 unspecified atom stereocenters. The largest absolute Gasteiger partial charge is 0.497 e. The van der Waals surface area contributed by atoms with Crippen molar-refractivity contribution in [2.45, 2.75) is 19.9 Å². The van der Waals surface area contributed by atoms with Crippen LogP contribution >= 0.6 is 0 Å². The molecule has 8 heteroatoms. The van der Waals surface area contributed by atoms with Gasteiger partial charge in [-0.3, -0.25) is 9.52 Å². The summed E-state index contributed by atoms with van der Waals surface area (Å²) in [5.74, 6) is 1.17. The molecule has 0 heterocycles. The Balaban J connectivity index is 1.92. The van der Waals surface area contributed by atoms with Gasteiger partial charge in [-0.1, -0.05) is 0 Å². The van der Waals surface area contributed by atoms with Crippen LogP contribution in [0.2, 0.25) is 0 Å². The zero-order valence-electron chi connectivity index (χ0n) is 15.8. The van der Waals surface area contributed by atoms with E-state index in [1.54, 1.807) is 56.5 Å². The highest BCUT2D eigenvalue weighted by atomic mass is 32.2. The van der Waals surface area contributed by atoms with Gasteiger partial charge in [-0.2, -0.15) is 0 Å². The van der Waals surface area contributed by atoms with Gasteiger partial charge in [0.05, 0.1) is 25.1 Å². The van der Waals surface area contributed by atoms with Crippen LogP contribution in [-0.4, -0.2) is 40.3 Å². The second-order valence-electron chi connectivity index (χ2n) is 6.26. The molecule has 0 aliphatic carbocycles. The first-order valence-corrected chi connectivity index (χ1v) is 10.2. The fourth-order valence-corrected chi connectivity index (χ4v) is 2.99. The highest BCUT2D eigenvalue weighted by molar-refractivity contribution is 7.92. The van der Waals surface area contributed by atoms with Crippen molar-refractivity contribution in [1.29, 1.82) is 0 Å². The Morgan fingerprint density at radius 3 is 2.30 bits per heavy atom. The minimum Gasteiger partial charge on any atom is -0.497 e. The summed E-state index contributed by atoms with van der Waals surface area (Å²) < 4.78 is 35.8. The summed E-state index contributed by atoms with van der Waals surface area (Å²) in [7, 11) is -1.77. The standard InChI is InChI=1S/C19H24N2O5S/c1-13-11-15(5-10-18(13)21-27(4,23)24)19(22)20-14(2)12-26-17-8-6-16(25-3)7-9-17/h5-11,14,21H,12H2,1-4H3,(H,20,22)/t14-/m0/s1. The summed E-state index contributed by atoms with van der Waals surface area (Å²) in [6, 6.07) is 11.8. The van der Waals surface area contributed by atoms with E-state index in [4.69, 9.17) is 9.47 Å². The minimum atomic E-state index is -3.36.